The zero-order valence-corrected chi connectivity index (χ0v) is 8.93. The highest BCUT2D eigenvalue weighted by Crippen LogP contribution is 2.32. The van der Waals surface area contributed by atoms with Gasteiger partial charge in [-0.15, -0.1) is 0 Å². The van der Waals surface area contributed by atoms with E-state index in [-0.39, 0.29) is 0 Å². The Kier molecular flexibility index (Phi) is 2.25. The lowest BCUT2D eigenvalue weighted by atomic mass is 10.1. The molecule has 0 aliphatic rings. The van der Waals surface area contributed by atoms with E-state index in [2.05, 4.69) is 11.1 Å². The maximum absolute atomic E-state index is 9.43. The second-order valence-corrected chi connectivity index (χ2v) is 4.26. The molecule has 1 aromatic carbocycles. The van der Waals surface area contributed by atoms with Gasteiger partial charge >= 0.3 is 0 Å². The van der Waals surface area contributed by atoms with Crippen molar-refractivity contribution >= 4 is 11.3 Å². The van der Waals surface area contributed by atoms with Gasteiger partial charge in [-0.25, -0.2) is 4.98 Å². The summed E-state index contributed by atoms with van der Waals surface area (Å²) >= 11 is 1.32. The molecule has 0 unspecified atom stereocenters. The molecule has 0 saturated carbocycles. The Morgan fingerprint density at radius 1 is 1.29 bits per heavy atom. The Hall–Kier alpha value is -1.35. The summed E-state index contributed by atoms with van der Waals surface area (Å²) in [6.07, 6.45) is 0. The van der Waals surface area contributed by atoms with E-state index in [1.54, 1.807) is 0 Å². The molecule has 1 N–H and O–H groups in total. The molecule has 2 aromatic rings. The molecule has 0 bridgehead atoms. The topological polar surface area (TPSA) is 33.1 Å². The SMILES string of the molecule is Cc1cccc(-c2nc(C)c(O)s2)c1. The highest BCUT2D eigenvalue weighted by molar-refractivity contribution is 7.16. The summed E-state index contributed by atoms with van der Waals surface area (Å²) in [7, 11) is 0. The van der Waals surface area contributed by atoms with Gasteiger partial charge in [-0.2, -0.15) is 0 Å². The van der Waals surface area contributed by atoms with Gasteiger partial charge in [0.2, 0.25) is 0 Å². The van der Waals surface area contributed by atoms with E-state index in [9.17, 15) is 5.11 Å². The van der Waals surface area contributed by atoms with Crippen molar-refractivity contribution in [2.24, 2.45) is 0 Å². The molecule has 0 saturated heterocycles. The van der Waals surface area contributed by atoms with Gasteiger partial charge in [0.15, 0.2) is 5.06 Å². The monoisotopic (exact) mass is 205 g/mol. The van der Waals surface area contributed by atoms with Crippen molar-refractivity contribution in [2.75, 3.05) is 0 Å². The first-order valence-electron chi connectivity index (χ1n) is 4.40. The van der Waals surface area contributed by atoms with Crippen LogP contribution in [0.1, 0.15) is 11.3 Å². The van der Waals surface area contributed by atoms with E-state index in [4.69, 9.17) is 0 Å². The lowest BCUT2D eigenvalue weighted by Crippen LogP contribution is -1.78. The summed E-state index contributed by atoms with van der Waals surface area (Å²) in [6, 6.07) is 8.12. The molecule has 1 heterocycles. The molecule has 14 heavy (non-hydrogen) atoms. The maximum Gasteiger partial charge on any atom is 0.195 e. The van der Waals surface area contributed by atoms with Crippen LogP contribution in [0.2, 0.25) is 0 Å². The smallest absolute Gasteiger partial charge is 0.195 e. The summed E-state index contributed by atoms with van der Waals surface area (Å²) in [6.45, 7) is 3.86. The normalized spacial score (nSPS) is 10.4. The molecule has 0 aliphatic carbocycles. The third kappa shape index (κ3) is 1.63. The van der Waals surface area contributed by atoms with Gasteiger partial charge in [0.05, 0.1) is 5.69 Å². The lowest BCUT2D eigenvalue weighted by Gasteiger charge is -1.96. The van der Waals surface area contributed by atoms with E-state index in [0.29, 0.717) is 10.8 Å². The number of thiazole rings is 1. The summed E-state index contributed by atoms with van der Waals surface area (Å²) in [4.78, 5) is 4.29. The predicted molar refractivity (Wildman–Crippen MR) is 58.7 cm³/mol. The molecule has 72 valence electrons. The average molecular weight is 205 g/mol. The highest BCUT2D eigenvalue weighted by Gasteiger charge is 2.07. The lowest BCUT2D eigenvalue weighted by molar-refractivity contribution is 0.485. The second-order valence-electron chi connectivity index (χ2n) is 3.28. The average Bonchev–Trinajstić information content (AvgIpc) is 2.47. The van der Waals surface area contributed by atoms with Crippen LogP contribution in [0.25, 0.3) is 10.6 Å². The van der Waals surface area contributed by atoms with Crippen LogP contribution in [0.4, 0.5) is 0 Å². The molecule has 1 aromatic heterocycles. The van der Waals surface area contributed by atoms with Gasteiger partial charge in [-0.3, -0.25) is 0 Å². The highest BCUT2D eigenvalue weighted by atomic mass is 32.1. The van der Waals surface area contributed by atoms with Crippen LogP contribution in [0.5, 0.6) is 5.06 Å². The van der Waals surface area contributed by atoms with E-state index in [1.807, 2.05) is 32.0 Å². The third-order valence-corrected chi connectivity index (χ3v) is 3.05. The quantitative estimate of drug-likeness (QED) is 0.775. The number of aromatic nitrogens is 1. The Bertz CT molecular complexity index is 443. The molecule has 3 heteroatoms. The predicted octanol–water partition coefficient (Wildman–Crippen LogP) is 3.13. The van der Waals surface area contributed by atoms with Gasteiger partial charge in [0, 0.05) is 5.56 Å². The first kappa shape index (κ1) is 9.21. The van der Waals surface area contributed by atoms with Crippen LogP contribution in [0.3, 0.4) is 0 Å². The molecular formula is C11H11NOS. The van der Waals surface area contributed by atoms with Crippen molar-refractivity contribution in [3.63, 3.8) is 0 Å². The van der Waals surface area contributed by atoms with Crippen molar-refractivity contribution in [3.05, 3.63) is 35.5 Å². The van der Waals surface area contributed by atoms with Crippen molar-refractivity contribution < 1.29 is 5.11 Å². The van der Waals surface area contributed by atoms with Crippen LogP contribution in [-0.2, 0) is 0 Å². The van der Waals surface area contributed by atoms with Crippen molar-refractivity contribution in [1.29, 1.82) is 0 Å². The first-order chi connectivity index (χ1) is 6.66. The zero-order valence-electron chi connectivity index (χ0n) is 8.11. The summed E-state index contributed by atoms with van der Waals surface area (Å²) < 4.78 is 0. The molecule has 0 amide bonds. The van der Waals surface area contributed by atoms with E-state index >= 15 is 0 Å². The van der Waals surface area contributed by atoms with Crippen LogP contribution in [0, 0.1) is 13.8 Å². The van der Waals surface area contributed by atoms with Crippen LogP contribution < -0.4 is 0 Å². The van der Waals surface area contributed by atoms with Crippen LogP contribution in [-0.4, -0.2) is 10.1 Å². The molecule has 0 fully saturated rings. The third-order valence-electron chi connectivity index (χ3n) is 2.04. The molecule has 2 rings (SSSR count). The van der Waals surface area contributed by atoms with Crippen molar-refractivity contribution in [2.45, 2.75) is 13.8 Å². The minimum atomic E-state index is 0.307. The molecule has 0 radical (unpaired) electrons. The fraction of sp³-hybridized carbons (Fsp3) is 0.182. The molecule has 0 atom stereocenters. The maximum atomic E-state index is 9.43. The Balaban J connectivity index is 2.49. The molecule has 0 spiro atoms. The number of aromatic hydroxyl groups is 1. The van der Waals surface area contributed by atoms with Gasteiger partial charge in [0.25, 0.3) is 0 Å². The summed E-state index contributed by atoms with van der Waals surface area (Å²) in [5, 5.41) is 10.6. The minimum absolute atomic E-state index is 0.307. The van der Waals surface area contributed by atoms with Gasteiger partial charge in [0.1, 0.15) is 5.01 Å². The van der Waals surface area contributed by atoms with E-state index in [1.165, 1.54) is 16.9 Å². The van der Waals surface area contributed by atoms with Crippen LogP contribution in [0.15, 0.2) is 24.3 Å². The largest absolute Gasteiger partial charge is 0.498 e. The summed E-state index contributed by atoms with van der Waals surface area (Å²) in [5.74, 6) is 0. The minimum Gasteiger partial charge on any atom is -0.498 e. The van der Waals surface area contributed by atoms with Gasteiger partial charge in [-0.05, 0) is 19.9 Å². The zero-order chi connectivity index (χ0) is 10.1. The van der Waals surface area contributed by atoms with Gasteiger partial charge < -0.3 is 5.11 Å². The fourth-order valence-corrected chi connectivity index (χ4v) is 2.09. The number of hydrogen-bond acceptors (Lipinski definition) is 3. The molecule has 2 nitrogen and oxygen atoms in total. The second kappa shape index (κ2) is 3.42. The number of hydrogen-bond donors (Lipinski definition) is 1. The van der Waals surface area contributed by atoms with Crippen molar-refractivity contribution in [3.8, 4) is 15.6 Å². The first-order valence-corrected chi connectivity index (χ1v) is 5.22. The number of benzene rings is 1. The standard InChI is InChI=1S/C11H11NOS/c1-7-4-3-5-9(6-7)10-12-8(2)11(13)14-10/h3-6,13H,1-2H3. The molecular weight excluding hydrogens is 194 g/mol. The Morgan fingerprint density at radius 3 is 2.64 bits per heavy atom. The van der Waals surface area contributed by atoms with E-state index in [0.717, 1.165) is 10.6 Å². The number of nitrogens with zero attached hydrogens (tertiary/aromatic N) is 1. The summed E-state index contributed by atoms with van der Waals surface area (Å²) in [5.41, 5.74) is 2.97. The fourth-order valence-electron chi connectivity index (χ4n) is 1.29. The van der Waals surface area contributed by atoms with Gasteiger partial charge in [-0.1, -0.05) is 35.1 Å². The Labute approximate surface area is 86.9 Å². The number of rotatable bonds is 1. The number of aryl methyl sites for hydroxylation is 2. The Morgan fingerprint density at radius 2 is 2.07 bits per heavy atom. The van der Waals surface area contributed by atoms with Crippen molar-refractivity contribution in [1.82, 2.24) is 4.98 Å². The van der Waals surface area contributed by atoms with E-state index < -0.39 is 0 Å². The van der Waals surface area contributed by atoms with Crippen LogP contribution >= 0.6 is 11.3 Å². The molecule has 0 aliphatic heterocycles.